The molecule has 1 N–H and O–H groups in total. The summed E-state index contributed by atoms with van der Waals surface area (Å²) in [6, 6.07) is 8.18. The normalized spacial score (nSPS) is 16.0. The molecule has 0 aliphatic carbocycles. The van der Waals surface area contributed by atoms with Crippen LogP contribution >= 0.6 is 0 Å². The van der Waals surface area contributed by atoms with E-state index in [9.17, 15) is 14.3 Å². The smallest absolute Gasteiger partial charge is 0.338 e. The van der Waals surface area contributed by atoms with Gasteiger partial charge < -0.3 is 9.84 Å². The highest BCUT2D eigenvalue weighted by atomic mass is 19.1. The predicted octanol–water partition coefficient (Wildman–Crippen LogP) is 3.33. The van der Waals surface area contributed by atoms with E-state index in [1.165, 1.54) is 6.07 Å². The van der Waals surface area contributed by atoms with Gasteiger partial charge in [0.1, 0.15) is 12.4 Å². The predicted molar refractivity (Wildman–Crippen MR) is 120 cm³/mol. The number of β-amino-alcohol motifs (C(OH)–C–C–N with tert-alkyl or cyclic N) is 1. The van der Waals surface area contributed by atoms with Crippen LogP contribution in [0.3, 0.4) is 0 Å². The van der Waals surface area contributed by atoms with Gasteiger partial charge in [0, 0.05) is 48.9 Å². The fraction of sp³-hybridized carbons (Fsp3) is 0.269. The molecule has 0 fully saturated rings. The zero-order valence-electron chi connectivity index (χ0n) is 18.1. The van der Waals surface area contributed by atoms with Gasteiger partial charge in [-0.2, -0.15) is 0 Å². The molecule has 1 unspecified atom stereocenters. The number of aromatic nitrogens is 2. The first-order valence-electron chi connectivity index (χ1n) is 10.8. The maximum atomic E-state index is 14.1. The van der Waals surface area contributed by atoms with Crippen molar-refractivity contribution in [3.63, 3.8) is 0 Å². The van der Waals surface area contributed by atoms with Crippen LogP contribution in [0.15, 0.2) is 36.5 Å². The Morgan fingerprint density at radius 1 is 1.33 bits per heavy atom. The summed E-state index contributed by atoms with van der Waals surface area (Å²) in [5.41, 5.74) is 5.86. The van der Waals surface area contributed by atoms with Crippen molar-refractivity contribution in [2.75, 3.05) is 13.1 Å². The first-order chi connectivity index (χ1) is 15.9. The van der Waals surface area contributed by atoms with Gasteiger partial charge in [-0.15, -0.1) is 6.42 Å². The van der Waals surface area contributed by atoms with Crippen LogP contribution < -0.4 is 0 Å². The van der Waals surface area contributed by atoms with Crippen molar-refractivity contribution in [3.05, 3.63) is 81.4 Å². The van der Waals surface area contributed by atoms with E-state index in [4.69, 9.17) is 11.2 Å². The first kappa shape index (κ1) is 21.3. The van der Waals surface area contributed by atoms with Crippen LogP contribution in [0.4, 0.5) is 4.39 Å². The summed E-state index contributed by atoms with van der Waals surface area (Å²) in [4.78, 5) is 23.0. The molecule has 0 saturated heterocycles. The third-order valence-corrected chi connectivity index (χ3v) is 6.39. The minimum absolute atomic E-state index is 0.212. The quantitative estimate of drug-likeness (QED) is 0.493. The third kappa shape index (κ3) is 3.88. The fourth-order valence-corrected chi connectivity index (χ4v) is 4.51. The molecule has 2 aromatic carbocycles. The Morgan fingerprint density at radius 2 is 2.18 bits per heavy atom. The Labute approximate surface area is 191 Å². The molecule has 3 aromatic rings. The molecule has 7 heteroatoms. The van der Waals surface area contributed by atoms with Crippen LogP contribution in [0.25, 0.3) is 11.4 Å². The Kier molecular flexibility index (Phi) is 5.41. The molecule has 2 aliphatic rings. The van der Waals surface area contributed by atoms with E-state index >= 15 is 0 Å². The number of carbonyl (C=O) groups excluding carboxylic acids is 1. The number of carbonyl (C=O) groups is 1. The molecule has 6 nitrogen and oxygen atoms in total. The fourth-order valence-electron chi connectivity index (χ4n) is 4.51. The monoisotopic (exact) mass is 443 g/mol. The van der Waals surface area contributed by atoms with E-state index in [-0.39, 0.29) is 18.1 Å². The number of esters is 1. The molecule has 0 radical (unpaired) electrons. The number of fused-ring (bicyclic) bond motifs is 2. The van der Waals surface area contributed by atoms with Gasteiger partial charge in [-0.05, 0) is 42.3 Å². The molecule has 33 heavy (non-hydrogen) atoms. The number of hydrogen-bond acceptors (Lipinski definition) is 6. The molecule has 0 saturated carbocycles. The van der Waals surface area contributed by atoms with Gasteiger partial charge in [-0.3, -0.25) is 4.90 Å². The maximum Gasteiger partial charge on any atom is 0.338 e. The first-order valence-corrected chi connectivity index (χ1v) is 10.8. The molecule has 0 bridgehead atoms. The van der Waals surface area contributed by atoms with Gasteiger partial charge in [0.2, 0.25) is 0 Å². The van der Waals surface area contributed by atoms with Crippen LogP contribution in [0.2, 0.25) is 0 Å². The molecule has 5 rings (SSSR count). The second-order valence-corrected chi connectivity index (χ2v) is 8.39. The van der Waals surface area contributed by atoms with Gasteiger partial charge in [0.25, 0.3) is 0 Å². The lowest BCUT2D eigenvalue weighted by Crippen LogP contribution is -2.34. The number of aliphatic hydroxyl groups is 1. The van der Waals surface area contributed by atoms with Crippen molar-refractivity contribution in [2.24, 2.45) is 0 Å². The molecule has 0 amide bonds. The summed E-state index contributed by atoms with van der Waals surface area (Å²) < 4.78 is 19.2. The van der Waals surface area contributed by atoms with Crippen LogP contribution in [-0.2, 0) is 24.3 Å². The molecular weight excluding hydrogens is 421 g/mol. The summed E-state index contributed by atoms with van der Waals surface area (Å²) in [6.07, 6.45) is 7.07. The van der Waals surface area contributed by atoms with E-state index in [0.717, 1.165) is 34.5 Å². The molecule has 0 spiro atoms. The van der Waals surface area contributed by atoms with E-state index in [0.29, 0.717) is 36.5 Å². The zero-order chi connectivity index (χ0) is 23.1. The summed E-state index contributed by atoms with van der Waals surface area (Å²) >= 11 is 0. The van der Waals surface area contributed by atoms with Gasteiger partial charge in [-0.1, -0.05) is 12.0 Å². The van der Waals surface area contributed by atoms with Crippen LogP contribution in [0.5, 0.6) is 0 Å². The maximum absolute atomic E-state index is 14.1. The highest BCUT2D eigenvalue weighted by Crippen LogP contribution is 2.30. The number of rotatable bonds is 4. The van der Waals surface area contributed by atoms with Crippen LogP contribution in [0.1, 0.15) is 50.0 Å². The lowest BCUT2D eigenvalue weighted by Gasteiger charge is -2.30. The molecule has 3 heterocycles. The zero-order valence-corrected chi connectivity index (χ0v) is 18.1. The van der Waals surface area contributed by atoms with Gasteiger partial charge >= 0.3 is 5.97 Å². The number of terminal acetylenes is 1. The number of benzene rings is 2. The SMILES string of the molecule is C#Cc1ccc(-c2ncc3c(n2)CCN(CC(O)c2ccc4c(c2C)COC4=O)C3)cc1F. The number of aliphatic hydroxyl groups excluding tert-OH is 1. The molecule has 2 aliphatic heterocycles. The van der Waals surface area contributed by atoms with Gasteiger partial charge in [-0.25, -0.2) is 19.2 Å². The van der Waals surface area contributed by atoms with E-state index in [2.05, 4.69) is 20.8 Å². The summed E-state index contributed by atoms with van der Waals surface area (Å²) in [5, 5.41) is 10.9. The Balaban J connectivity index is 1.31. The van der Waals surface area contributed by atoms with E-state index in [1.54, 1.807) is 24.4 Å². The number of halogens is 1. The van der Waals surface area contributed by atoms with Crippen molar-refractivity contribution in [1.82, 2.24) is 14.9 Å². The second kappa shape index (κ2) is 8.39. The lowest BCUT2D eigenvalue weighted by atomic mass is 9.95. The van der Waals surface area contributed by atoms with Crippen molar-refractivity contribution in [3.8, 4) is 23.7 Å². The van der Waals surface area contributed by atoms with Crippen molar-refractivity contribution in [1.29, 1.82) is 0 Å². The summed E-state index contributed by atoms with van der Waals surface area (Å²) in [5.74, 6) is 2.01. The Hall–Kier alpha value is -3.60. The average molecular weight is 443 g/mol. The van der Waals surface area contributed by atoms with E-state index in [1.807, 2.05) is 13.0 Å². The topological polar surface area (TPSA) is 75.6 Å². The molecule has 1 aromatic heterocycles. The van der Waals surface area contributed by atoms with Crippen LogP contribution in [-0.4, -0.2) is 39.0 Å². The highest BCUT2D eigenvalue weighted by Gasteiger charge is 2.27. The minimum atomic E-state index is -0.689. The molecule has 1 atom stereocenters. The van der Waals surface area contributed by atoms with Crippen molar-refractivity contribution >= 4 is 5.97 Å². The van der Waals surface area contributed by atoms with Gasteiger partial charge in [0.15, 0.2) is 5.82 Å². The Bertz CT molecular complexity index is 1310. The largest absolute Gasteiger partial charge is 0.457 e. The Morgan fingerprint density at radius 3 is 2.97 bits per heavy atom. The summed E-state index contributed by atoms with van der Waals surface area (Å²) in [6.45, 7) is 3.97. The highest BCUT2D eigenvalue weighted by molar-refractivity contribution is 5.93. The average Bonchev–Trinajstić information content (AvgIpc) is 3.20. The van der Waals surface area contributed by atoms with Gasteiger partial charge in [0.05, 0.1) is 22.9 Å². The van der Waals surface area contributed by atoms with Crippen molar-refractivity contribution in [2.45, 2.75) is 32.6 Å². The molecule has 166 valence electrons. The van der Waals surface area contributed by atoms with Crippen LogP contribution in [0, 0.1) is 25.1 Å². The number of ether oxygens (including phenoxy) is 1. The second-order valence-electron chi connectivity index (χ2n) is 8.39. The van der Waals surface area contributed by atoms with Crippen molar-refractivity contribution < 1.29 is 19.0 Å². The van der Waals surface area contributed by atoms with E-state index < -0.39 is 11.9 Å². The summed E-state index contributed by atoms with van der Waals surface area (Å²) in [7, 11) is 0. The number of hydrogen-bond donors (Lipinski definition) is 1. The lowest BCUT2D eigenvalue weighted by molar-refractivity contribution is 0.0535. The third-order valence-electron chi connectivity index (χ3n) is 6.39. The molecular formula is C26H22FN3O3. The number of cyclic esters (lactones) is 1. The standard InChI is InChI=1S/C26H22FN3O3/c1-3-16-4-5-17(10-22(16)27)25-28-11-18-12-30(9-8-23(18)29-25)13-24(31)19-6-7-20-21(15(19)2)14-33-26(20)32/h1,4-7,10-11,24,31H,8-9,12-14H2,2H3. The number of nitrogens with zero attached hydrogens (tertiary/aromatic N) is 3. The minimum Gasteiger partial charge on any atom is -0.457 e.